The van der Waals surface area contributed by atoms with Crippen LogP contribution in [-0.2, 0) is 51.2 Å². The second-order valence-corrected chi connectivity index (χ2v) is 15.1. The molecule has 2 aromatic heterocycles. The fourth-order valence-electron chi connectivity index (χ4n) is 6.28. The van der Waals surface area contributed by atoms with Crippen molar-refractivity contribution in [3.63, 3.8) is 0 Å². The molecule has 0 fully saturated rings. The first kappa shape index (κ1) is 50.3. The minimum absolute atomic E-state index is 0.0669. The van der Waals surface area contributed by atoms with Gasteiger partial charge in [0.2, 0.25) is 41.4 Å². The molecule has 0 aliphatic rings. The Labute approximate surface area is 361 Å². The second-order valence-electron chi connectivity index (χ2n) is 15.1. The van der Waals surface area contributed by atoms with Crippen molar-refractivity contribution < 1.29 is 48.6 Å². The Balaban J connectivity index is 1.77. The summed E-state index contributed by atoms with van der Waals surface area (Å²) in [6.45, 7) is 2.14. The lowest BCUT2D eigenvalue weighted by Gasteiger charge is -2.27. The normalized spacial score (nSPS) is 13.9. The van der Waals surface area contributed by atoms with Gasteiger partial charge in [-0.2, -0.15) is 0 Å². The molecule has 7 amide bonds. The molecule has 3 aromatic rings. The van der Waals surface area contributed by atoms with E-state index in [0.717, 1.165) is 10.9 Å². The number of benzene rings is 1. The van der Waals surface area contributed by atoms with Crippen LogP contribution in [0.25, 0.3) is 10.9 Å². The maximum absolute atomic E-state index is 14.0. The monoisotopic (exact) mass is 882 g/mol. The Morgan fingerprint density at radius 3 is 2.06 bits per heavy atom. The molecule has 0 aliphatic carbocycles. The number of carbonyl (C=O) groups is 8. The van der Waals surface area contributed by atoms with Gasteiger partial charge < -0.3 is 75.0 Å². The van der Waals surface area contributed by atoms with Crippen molar-refractivity contribution >= 4 is 64.2 Å². The molecule has 2 heterocycles. The quantitative estimate of drug-likeness (QED) is 0.0197. The van der Waals surface area contributed by atoms with Gasteiger partial charge in [0.25, 0.3) is 0 Å². The standard InChI is InChI=1S/C39H58N14O10/c1-20(2)12-27(51-35(59)26(9-10-31(41)55)50-33(57)24(40)7-5-11-45-39(42)43)36(60)52-28(13-21-15-46-25-8-4-3-6-23(21)25)34(58)47-17-32(56)49-30(18-54)37(61)53-29(38(62)63)14-22-16-44-19-48-22/h3-4,6,8,15-16,19-20,24,26-30,46,54H,5,7,9-14,17-18,40H2,1-2H3,(H2,41,55)(H,44,48)(H,47,58)(H,49,56)(H,50,57)(H,51,59)(H,52,60)(H,53,61)(H,62,63)(H4,42,43,45). The number of rotatable bonds is 27. The van der Waals surface area contributed by atoms with Gasteiger partial charge in [-0.05, 0) is 43.2 Å². The SMILES string of the molecule is CC(C)CC(NC(=O)C(CCC(N)=O)NC(=O)C(N)CCCN=C(N)N)C(=O)NC(Cc1c[nH]c2ccccc12)C(=O)NCC(=O)NC(CO)C(=O)NC(Cc1cnc[nH]1)C(=O)O. The molecule has 63 heavy (non-hydrogen) atoms. The maximum atomic E-state index is 14.0. The molecule has 6 unspecified atom stereocenters. The van der Waals surface area contributed by atoms with E-state index in [1.54, 1.807) is 38.2 Å². The van der Waals surface area contributed by atoms with Crippen molar-refractivity contribution in [3.05, 3.63) is 54.2 Å². The maximum Gasteiger partial charge on any atom is 0.326 e. The average Bonchev–Trinajstić information content (AvgIpc) is 3.90. The fraction of sp³-hybridized carbons (Fsp3) is 0.487. The number of fused-ring (bicyclic) bond motifs is 1. The highest BCUT2D eigenvalue weighted by molar-refractivity contribution is 5.97. The number of aliphatic hydroxyl groups excluding tert-OH is 1. The number of nitrogens with one attached hydrogen (secondary N) is 8. The predicted molar refractivity (Wildman–Crippen MR) is 227 cm³/mol. The number of imidazole rings is 1. The molecule has 0 radical (unpaired) electrons. The number of nitrogens with two attached hydrogens (primary N) is 4. The number of primary amides is 1. The summed E-state index contributed by atoms with van der Waals surface area (Å²) in [5.41, 5.74) is 23.8. The van der Waals surface area contributed by atoms with Crippen LogP contribution in [0.1, 0.15) is 57.2 Å². The summed E-state index contributed by atoms with van der Waals surface area (Å²) in [7, 11) is 0. The summed E-state index contributed by atoms with van der Waals surface area (Å²) >= 11 is 0. The van der Waals surface area contributed by atoms with E-state index in [2.05, 4.69) is 51.8 Å². The van der Waals surface area contributed by atoms with Gasteiger partial charge in [0.15, 0.2) is 5.96 Å². The van der Waals surface area contributed by atoms with Crippen LogP contribution in [0, 0.1) is 5.92 Å². The third-order valence-corrected chi connectivity index (χ3v) is 9.54. The number of carbonyl (C=O) groups excluding carboxylic acids is 7. The van der Waals surface area contributed by atoms with Crippen molar-refractivity contribution in [2.45, 2.75) is 95.0 Å². The lowest BCUT2D eigenvalue weighted by atomic mass is 10.00. The summed E-state index contributed by atoms with van der Waals surface area (Å²) < 4.78 is 0. The van der Waals surface area contributed by atoms with E-state index in [0.29, 0.717) is 17.7 Å². The zero-order valence-electron chi connectivity index (χ0n) is 35.0. The van der Waals surface area contributed by atoms with Gasteiger partial charge >= 0.3 is 5.97 Å². The molecule has 3 rings (SSSR count). The van der Waals surface area contributed by atoms with E-state index in [1.807, 2.05) is 6.07 Å². The topological polar surface area (TPSA) is 410 Å². The molecule has 18 N–H and O–H groups in total. The molecule has 1 aromatic carbocycles. The number of hydrogen-bond donors (Lipinski definition) is 14. The summed E-state index contributed by atoms with van der Waals surface area (Å²) in [6.07, 6.45) is 4.14. The molecule has 0 bridgehead atoms. The third kappa shape index (κ3) is 17.1. The fourth-order valence-corrected chi connectivity index (χ4v) is 6.28. The number of aliphatic hydroxyl groups is 1. The number of para-hydroxylation sites is 1. The number of guanidine groups is 1. The number of H-pyrrole nitrogens is 2. The van der Waals surface area contributed by atoms with Gasteiger partial charge in [0, 0.05) is 54.8 Å². The molecule has 24 nitrogen and oxygen atoms in total. The number of aromatic amines is 2. The van der Waals surface area contributed by atoms with E-state index in [4.69, 9.17) is 22.9 Å². The Kier molecular flexibility index (Phi) is 20.0. The van der Waals surface area contributed by atoms with E-state index in [1.165, 1.54) is 12.5 Å². The van der Waals surface area contributed by atoms with Gasteiger partial charge in [-0.1, -0.05) is 32.0 Å². The molecule has 24 heteroatoms. The molecule has 344 valence electrons. The highest BCUT2D eigenvalue weighted by Crippen LogP contribution is 2.19. The number of aliphatic imine (C=N–C) groups is 1. The van der Waals surface area contributed by atoms with Gasteiger partial charge in [0.1, 0.15) is 30.2 Å². The first-order valence-electron chi connectivity index (χ1n) is 20.1. The van der Waals surface area contributed by atoms with Crippen molar-refractivity contribution in [3.8, 4) is 0 Å². The van der Waals surface area contributed by atoms with Gasteiger partial charge in [0.05, 0.1) is 25.5 Å². The number of carboxylic acids is 1. The number of hydrogen-bond acceptors (Lipinski definition) is 12. The van der Waals surface area contributed by atoms with E-state index >= 15 is 0 Å². The summed E-state index contributed by atoms with van der Waals surface area (Å²) in [5.74, 6) is -7.55. The molecule has 0 saturated heterocycles. The zero-order chi connectivity index (χ0) is 46.6. The Morgan fingerprint density at radius 1 is 0.778 bits per heavy atom. The highest BCUT2D eigenvalue weighted by atomic mass is 16.4. The summed E-state index contributed by atoms with van der Waals surface area (Å²) in [5, 5.41) is 35.0. The van der Waals surface area contributed by atoms with Crippen LogP contribution in [-0.4, -0.2) is 134 Å². The number of carboxylic acid groups (broad SMARTS) is 1. The van der Waals surface area contributed by atoms with Gasteiger partial charge in [-0.25, -0.2) is 9.78 Å². The molecular weight excluding hydrogens is 825 g/mol. The number of aliphatic carboxylic acids is 1. The number of amides is 7. The van der Waals surface area contributed by atoms with Gasteiger partial charge in [-0.3, -0.25) is 38.6 Å². The van der Waals surface area contributed by atoms with E-state index in [-0.39, 0.29) is 56.9 Å². The Bertz CT molecular complexity index is 2070. The van der Waals surface area contributed by atoms with Crippen molar-refractivity contribution in [1.82, 2.24) is 46.9 Å². The van der Waals surface area contributed by atoms with Crippen LogP contribution in [0.15, 0.2) is 48.0 Å². The van der Waals surface area contributed by atoms with Crippen LogP contribution in [0.3, 0.4) is 0 Å². The van der Waals surface area contributed by atoms with Crippen LogP contribution in [0.4, 0.5) is 0 Å². The lowest BCUT2D eigenvalue weighted by molar-refractivity contribution is -0.142. The minimum atomic E-state index is -1.59. The van der Waals surface area contributed by atoms with Crippen molar-refractivity contribution in [1.29, 1.82) is 0 Å². The lowest BCUT2D eigenvalue weighted by Crippen LogP contribution is -2.59. The first-order chi connectivity index (χ1) is 29.9. The summed E-state index contributed by atoms with van der Waals surface area (Å²) in [6, 6.07) is -0.871. The molecular formula is C39H58N14O10. The minimum Gasteiger partial charge on any atom is -0.480 e. The first-order valence-corrected chi connectivity index (χ1v) is 20.1. The largest absolute Gasteiger partial charge is 0.480 e. The van der Waals surface area contributed by atoms with E-state index in [9.17, 15) is 48.6 Å². The molecule has 0 spiro atoms. The van der Waals surface area contributed by atoms with E-state index < -0.39 is 96.7 Å². The smallest absolute Gasteiger partial charge is 0.326 e. The van der Waals surface area contributed by atoms with Crippen molar-refractivity contribution in [2.24, 2.45) is 33.8 Å². The highest BCUT2D eigenvalue weighted by Gasteiger charge is 2.32. The average molecular weight is 883 g/mol. The zero-order valence-corrected chi connectivity index (χ0v) is 35.0. The molecule has 0 aliphatic heterocycles. The van der Waals surface area contributed by atoms with Crippen LogP contribution >= 0.6 is 0 Å². The second kappa shape index (κ2) is 25.0. The van der Waals surface area contributed by atoms with Crippen LogP contribution < -0.4 is 54.8 Å². The predicted octanol–water partition coefficient (Wildman–Crippen LogP) is -4.01. The van der Waals surface area contributed by atoms with Crippen molar-refractivity contribution in [2.75, 3.05) is 19.7 Å². The van der Waals surface area contributed by atoms with Crippen LogP contribution in [0.2, 0.25) is 0 Å². The number of aromatic nitrogens is 3. The molecule has 0 saturated carbocycles. The molecule has 6 atom stereocenters. The summed E-state index contributed by atoms with van der Waals surface area (Å²) in [4.78, 5) is 117. The number of nitrogens with zero attached hydrogens (tertiary/aromatic N) is 2. The van der Waals surface area contributed by atoms with Crippen LogP contribution in [0.5, 0.6) is 0 Å². The Hall–Kier alpha value is -7.08. The third-order valence-electron chi connectivity index (χ3n) is 9.54. The van der Waals surface area contributed by atoms with Gasteiger partial charge in [-0.15, -0.1) is 0 Å². The Morgan fingerprint density at radius 2 is 1.43 bits per heavy atom.